The third-order valence-corrected chi connectivity index (χ3v) is 4.52. The second-order valence-electron chi connectivity index (χ2n) is 3.53. The summed E-state index contributed by atoms with van der Waals surface area (Å²) in [5.74, 6) is -2.18. The van der Waals surface area contributed by atoms with E-state index in [4.69, 9.17) is 10.2 Å². The Balaban J connectivity index is 0.00000220. The first-order chi connectivity index (χ1) is 9.56. The van der Waals surface area contributed by atoms with E-state index in [0.717, 1.165) is 9.79 Å². The number of hydrogen-bond donors (Lipinski definition) is 2. The Morgan fingerprint density at radius 3 is 1.62 bits per heavy atom. The van der Waals surface area contributed by atoms with Crippen molar-refractivity contribution in [3.8, 4) is 0 Å². The van der Waals surface area contributed by atoms with Crippen LogP contribution in [0.2, 0.25) is 0 Å². The van der Waals surface area contributed by atoms with Crippen molar-refractivity contribution in [3.63, 3.8) is 0 Å². The Kier molecular flexibility index (Phi) is 7.88. The molecule has 0 unspecified atom stereocenters. The molecule has 0 aromatic carbocycles. The van der Waals surface area contributed by atoms with Gasteiger partial charge in [0.15, 0.2) is 0 Å². The smallest absolute Gasteiger partial charge is 1.00 e. The molecule has 0 fully saturated rings. The van der Waals surface area contributed by atoms with Crippen molar-refractivity contribution in [2.24, 2.45) is 0 Å². The molecular weight excluding hydrogens is 339 g/mol. The van der Waals surface area contributed by atoms with Crippen molar-refractivity contribution < 1.29 is 72.6 Å². The molecule has 0 saturated heterocycles. The fourth-order valence-electron chi connectivity index (χ4n) is 1.26. The van der Waals surface area contributed by atoms with E-state index in [2.05, 4.69) is 9.97 Å². The largest absolute Gasteiger partial charge is 1.00 e. The second-order valence-corrected chi connectivity index (χ2v) is 5.81. The normalized spacial score (nSPS) is 9.71. The van der Waals surface area contributed by atoms with Gasteiger partial charge in [-0.1, -0.05) is 21.6 Å². The molecule has 21 heavy (non-hydrogen) atoms. The molecule has 0 atom stereocenters. The van der Waals surface area contributed by atoms with Gasteiger partial charge in [-0.25, -0.2) is 19.6 Å². The first-order valence-corrected chi connectivity index (χ1v) is 7.44. The summed E-state index contributed by atoms with van der Waals surface area (Å²) in [6.07, 6.45) is 2.84. The predicted octanol–water partition coefficient (Wildman–Crippen LogP) is -0.211. The number of rotatable bonds is 5. The molecule has 0 aliphatic rings. The standard InChI is InChI=1S/C12H8N2O4S2.K.H/c15-11(16)9-5-7(1-3-13-9)19-20-8-2-4-14-10(6-8)12(17)18;;/h1-6H,(H,15,16)(H,17,18);;/q;+1;-1. The summed E-state index contributed by atoms with van der Waals surface area (Å²) in [4.78, 5) is 30.5. The summed E-state index contributed by atoms with van der Waals surface area (Å²) in [5.41, 5.74) is -0.0619. The topological polar surface area (TPSA) is 100 Å². The first-order valence-electron chi connectivity index (χ1n) is 5.29. The van der Waals surface area contributed by atoms with Gasteiger partial charge in [-0.05, 0) is 24.3 Å². The number of carboxylic acids is 2. The number of hydrogen-bond acceptors (Lipinski definition) is 6. The Morgan fingerprint density at radius 2 is 1.29 bits per heavy atom. The van der Waals surface area contributed by atoms with Crippen LogP contribution >= 0.6 is 21.6 Å². The zero-order valence-corrected chi connectivity index (χ0v) is 15.6. The van der Waals surface area contributed by atoms with Crippen LogP contribution in [0, 0.1) is 0 Å². The van der Waals surface area contributed by atoms with Gasteiger partial charge in [-0.3, -0.25) is 0 Å². The minimum absolute atomic E-state index is 0. The van der Waals surface area contributed by atoms with Crippen LogP contribution in [0.15, 0.2) is 46.5 Å². The van der Waals surface area contributed by atoms with E-state index in [1.807, 2.05) is 0 Å². The molecule has 0 spiro atoms. The molecule has 0 radical (unpaired) electrons. The molecule has 0 aliphatic carbocycles. The van der Waals surface area contributed by atoms with Crippen LogP contribution in [0.5, 0.6) is 0 Å². The van der Waals surface area contributed by atoms with Crippen LogP contribution in [0.3, 0.4) is 0 Å². The third-order valence-electron chi connectivity index (χ3n) is 2.14. The molecule has 2 N–H and O–H groups in total. The van der Waals surface area contributed by atoms with Gasteiger partial charge < -0.3 is 11.6 Å². The van der Waals surface area contributed by atoms with Crippen molar-refractivity contribution in [3.05, 3.63) is 48.0 Å². The fourth-order valence-corrected chi connectivity index (χ4v) is 3.20. The fraction of sp³-hybridized carbons (Fsp3) is 0. The minimum Gasteiger partial charge on any atom is -1.00 e. The van der Waals surface area contributed by atoms with E-state index < -0.39 is 11.9 Å². The van der Waals surface area contributed by atoms with E-state index in [0.29, 0.717) is 0 Å². The summed E-state index contributed by atoms with van der Waals surface area (Å²) < 4.78 is 0. The van der Waals surface area contributed by atoms with E-state index in [9.17, 15) is 9.59 Å². The number of carbonyl (C=O) groups is 2. The summed E-state index contributed by atoms with van der Waals surface area (Å²) in [6.45, 7) is 0. The molecule has 0 amide bonds. The van der Waals surface area contributed by atoms with E-state index in [1.165, 1.54) is 46.1 Å². The number of nitrogens with zero attached hydrogens (tertiary/aromatic N) is 2. The van der Waals surface area contributed by atoms with Gasteiger partial charge in [0.05, 0.1) is 0 Å². The van der Waals surface area contributed by atoms with E-state index in [1.54, 1.807) is 12.1 Å². The van der Waals surface area contributed by atoms with Gasteiger partial charge in [-0.15, -0.1) is 0 Å². The van der Waals surface area contributed by atoms with Crippen LogP contribution < -0.4 is 51.4 Å². The van der Waals surface area contributed by atoms with Crippen molar-refractivity contribution in [2.45, 2.75) is 9.79 Å². The zero-order valence-electron chi connectivity index (χ0n) is 11.9. The number of aromatic carboxylic acids is 2. The molecule has 104 valence electrons. The minimum atomic E-state index is -1.09. The van der Waals surface area contributed by atoms with Gasteiger partial charge in [0.25, 0.3) is 0 Å². The Bertz CT molecular complexity index is 618. The molecule has 0 saturated carbocycles. The molecular formula is C12H9KN2O4S2. The predicted molar refractivity (Wildman–Crippen MR) is 75.2 cm³/mol. The SMILES string of the molecule is O=C(O)c1cc(SSc2ccnc(C(=O)O)c2)ccn1.[H-].[K+]. The molecule has 2 rings (SSSR count). The molecule has 0 aliphatic heterocycles. The third kappa shape index (κ3) is 5.70. The maximum Gasteiger partial charge on any atom is 1.00 e. The van der Waals surface area contributed by atoms with Crippen molar-refractivity contribution in [1.82, 2.24) is 9.97 Å². The average Bonchev–Trinajstić information content (AvgIpc) is 2.45. The number of pyridine rings is 2. The Hall–Kier alpha value is -0.424. The molecule has 2 heterocycles. The summed E-state index contributed by atoms with van der Waals surface area (Å²) in [5, 5.41) is 17.7. The molecule has 0 bridgehead atoms. The van der Waals surface area contributed by atoms with E-state index in [-0.39, 0.29) is 64.2 Å². The van der Waals surface area contributed by atoms with Crippen molar-refractivity contribution in [2.75, 3.05) is 0 Å². The van der Waals surface area contributed by atoms with E-state index >= 15 is 0 Å². The molecule has 6 nitrogen and oxygen atoms in total. The van der Waals surface area contributed by atoms with Crippen LogP contribution in [0.25, 0.3) is 0 Å². The van der Waals surface area contributed by atoms with Crippen LogP contribution in [0.1, 0.15) is 22.4 Å². The van der Waals surface area contributed by atoms with Crippen LogP contribution in [-0.2, 0) is 0 Å². The number of carboxylic acid groups (broad SMARTS) is 2. The maximum absolute atomic E-state index is 10.8. The Morgan fingerprint density at radius 1 is 0.905 bits per heavy atom. The molecule has 9 heteroatoms. The Labute approximate surface area is 172 Å². The summed E-state index contributed by atoms with van der Waals surface area (Å²) in [7, 11) is 2.64. The van der Waals surface area contributed by atoms with Gasteiger partial charge >= 0.3 is 63.3 Å². The maximum atomic E-state index is 10.8. The first kappa shape index (κ1) is 18.6. The van der Waals surface area contributed by atoms with Crippen molar-refractivity contribution in [1.29, 1.82) is 0 Å². The molecule has 2 aromatic rings. The van der Waals surface area contributed by atoms with Crippen molar-refractivity contribution >= 4 is 33.5 Å². The van der Waals surface area contributed by atoms with Gasteiger partial charge in [-0.2, -0.15) is 0 Å². The summed E-state index contributed by atoms with van der Waals surface area (Å²) in [6, 6.07) is 6.28. The van der Waals surface area contributed by atoms with Gasteiger partial charge in [0, 0.05) is 22.2 Å². The summed E-state index contributed by atoms with van der Waals surface area (Å²) >= 11 is 0. The van der Waals surface area contributed by atoms with Gasteiger partial charge in [0.1, 0.15) is 11.4 Å². The second kappa shape index (κ2) is 8.88. The monoisotopic (exact) mass is 348 g/mol. The number of aromatic nitrogens is 2. The van der Waals surface area contributed by atoms with Crippen LogP contribution in [0.4, 0.5) is 0 Å². The quantitative estimate of drug-likeness (QED) is 0.565. The average molecular weight is 348 g/mol. The zero-order chi connectivity index (χ0) is 14.5. The molecule has 2 aromatic heterocycles. The van der Waals surface area contributed by atoms with Crippen LogP contribution in [-0.4, -0.2) is 32.1 Å². The van der Waals surface area contributed by atoms with Gasteiger partial charge in [0.2, 0.25) is 0 Å².